The summed E-state index contributed by atoms with van der Waals surface area (Å²) >= 11 is 3.36. The van der Waals surface area contributed by atoms with Crippen LogP contribution < -0.4 is 10.6 Å². The molecule has 0 saturated carbocycles. The molecule has 3 rings (SSSR count). The molecule has 0 unspecified atom stereocenters. The summed E-state index contributed by atoms with van der Waals surface area (Å²) in [5.41, 5.74) is 0.627. The summed E-state index contributed by atoms with van der Waals surface area (Å²) in [5.74, 6) is 2.12. The van der Waals surface area contributed by atoms with E-state index in [1.54, 1.807) is 12.1 Å². The molecule has 25 heavy (non-hydrogen) atoms. The number of amides is 1. The molecule has 2 aromatic heterocycles. The second kappa shape index (κ2) is 7.94. The maximum absolute atomic E-state index is 12.1. The lowest BCUT2D eigenvalue weighted by atomic mass is 10.2. The van der Waals surface area contributed by atoms with Crippen molar-refractivity contribution in [2.75, 3.05) is 18.4 Å². The molecule has 0 radical (unpaired) electrons. The Morgan fingerprint density at radius 1 is 1.12 bits per heavy atom. The first kappa shape index (κ1) is 17.2. The Kier molecular flexibility index (Phi) is 5.45. The van der Waals surface area contributed by atoms with Gasteiger partial charge in [0.05, 0.1) is 0 Å². The van der Waals surface area contributed by atoms with E-state index < -0.39 is 0 Å². The van der Waals surface area contributed by atoms with Crippen molar-refractivity contribution in [2.24, 2.45) is 0 Å². The molecule has 0 fully saturated rings. The van der Waals surface area contributed by atoms with Crippen LogP contribution in [0.2, 0.25) is 0 Å². The zero-order valence-corrected chi connectivity index (χ0v) is 15.3. The van der Waals surface area contributed by atoms with Gasteiger partial charge in [-0.05, 0) is 37.3 Å². The molecule has 7 heteroatoms. The SMILES string of the molecule is Cc1nc(NCCNC(=O)c2cccc(Br)c2)cc(-n2cccc2)n1. The van der Waals surface area contributed by atoms with Crippen LogP contribution in [0.4, 0.5) is 5.82 Å². The molecule has 0 spiro atoms. The highest BCUT2D eigenvalue weighted by molar-refractivity contribution is 9.10. The van der Waals surface area contributed by atoms with Crippen molar-refractivity contribution < 1.29 is 4.79 Å². The molecule has 2 N–H and O–H groups in total. The van der Waals surface area contributed by atoms with E-state index in [0.29, 0.717) is 24.5 Å². The number of benzene rings is 1. The fourth-order valence-corrected chi connectivity index (χ4v) is 2.76. The van der Waals surface area contributed by atoms with Crippen LogP contribution in [0.15, 0.2) is 59.3 Å². The molecule has 1 amide bonds. The standard InChI is InChI=1S/C18H18BrN5O/c1-13-22-16(12-17(23-13)24-9-2-3-10-24)20-7-8-21-18(25)14-5-4-6-15(19)11-14/h2-6,9-12H,7-8H2,1H3,(H,21,25)(H,20,22,23). The number of rotatable bonds is 6. The van der Waals surface area contributed by atoms with Gasteiger partial charge in [0, 0.05) is 41.6 Å². The minimum Gasteiger partial charge on any atom is -0.368 e. The first-order valence-electron chi connectivity index (χ1n) is 7.88. The molecule has 0 aliphatic heterocycles. The quantitative estimate of drug-likeness (QED) is 0.624. The van der Waals surface area contributed by atoms with E-state index in [0.717, 1.165) is 16.1 Å². The van der Waals surface area contributed by atoms with Gasteiger partial charge in [-0.25, -0.2) is 9.97 Å². The van der Waals surface area contributed by atoms with Crippen LogP contribution >= 0.6 is 15.9 Å². The van der Waals surface area contributed by atoms with Crippen LogP contribution in [0.25, 0.3) is 5.82 Å². The van der Waals surface area contributed by atoms with Gasteiger partial charge in [-0.3, -0.25) is 4.79 Å². The van der Waals surface area contributed by atoms with Crippen molar-refractivity contribution in [2.45, 2.75) is 6.92 Å². The van der Waals surface area contributed by atoms with Gasteiger partial charge in [0.1, 0.15) is 17.5 Å². The topological polar surface area (TPSA) is 71.8 Å². The Hall–Kier alpha value is -2.67. The van der Waals surface area contributed by atoms with Crippen LogP contribution in [0.5, 0.6) is 0 Å². The zero-order chi connectivity index (χ0) is 17.6. The third kappa shape index (κ3) is 4.67. The van der Waals surface area contributed by atoms with E-state index in [2.05, 4.69) is 36.5 Å². The number of aryl methyl sites for hydroxylation is 1. The number of nitrogens with zero attached hydrogens (tertiary/aromatic N) is 3. The van der Waals surface area contributed by atoms with Crippen molar-refractivity contribution in [1.82, 2.24) is 19.9 Å². The molecule has 128 valence electrons. The molecule has 3 aromatic rings. The smallest absolute Gasteiger partial charge is 0.251 e. The van der Waals surface area contributed by atoms with Crippen LogP contribution in [0, 0.1) is 6.92 Å². The number of halogens is 1. The number of aromatic nitrogens is 3. The molecule has 0 bridgehead atoms. The molecule has 0 atom stereocenters. The van der Waals surface area contributed by atoms with E-state index in [1.165, 1.54) is 0 Å². The third-order valence-electron chi connectivity index (χ3n) is 3.50. The van der Waals surface area contributed by atoms with Crippen molar-refractivity contribution in [3.05, 3.63) is 70.7 Å². The molecule has 2 heterocycles. The van der Waals surface area contributed by atoms with E-state index in [4.69, 9.17) is 0 Å². The lowest BCUT2D eigenvalue weighted by molar-refractivity contribution is 0.0955. The van der Waals surface area contributed by atoms with Crippen LogP contribution in [-0.4, -0.2) is 33.5 Å². The lowest BCUT2D eigenvalue weighted by Gasteiger charge is -2.10. The average molecular weight is 400 g/mol. The van der Waals surface area contributed by atoms with Gasteiger partial charge in [-0.1, -0.05) is 22.0 Å². The van der Waals surface area contributed by atoms with E-state index in [9.17, 15) is 4.79 Å². The van der Waals surface area contributed by atoms with Gasteiger partial charge in [-0.15, -0.1) is 0 Å². The van der Waals surface area contributed by atoms with Gasteiger partial charge in [0.2, 0.25) is 0 Å². The number of anilines is 1. The molecule has 0 aliphatic rings. The summed E-state index contributed by atoms with van der Waals surface area (Å²) in [6, 6.07) is 13.1. The Morgan fingerprint density at radius 3 is 2.68 bits per heavy atom. The molecule has 0 saturated heterocycles. The summed E-state index contributed by atoms with van der Waals surface area (Å²) in [6.45, 7) is 2.92. The van der Waals surface area contributed by atoms with Gasteiger partial charge in [0.15, 0.2) is 0 Å². The molecular weight excluding hydrogens is 382 g/mol. The highest BCUT2D eigenvalue weighted by atomic mass is 79.9. The summed E-state index contributed by atoms with van der Waals surface area (Å²) in [4.78, 5) is 20.9. The number of nitrogens with one attached hydrogen (secondary N) is 2. The monoisotopic (exact) mass is 399 g/mol. The highest BCUT2D eigenvalue weighted by Gasteiger charge is 2.06. The second-order valence-corrected chi connectivity index (χ2v) is 6.36. The van der Waals surface area contributed by atoms with Crippen LogP contribution in [0.3, 0.4) is 0 Å². The van der Waals surface area contributed by atoms with E-state index in [-0.39, 0.29) is 5.91 Å². The first-order valence-corrected chi connectivity index (χ1v) is 8.68. The summed E-state index contributed by atoms with van der Waals surface area (Å²) in [5, 5.41) is 6.10. The van der Waals surface area contributed by atoms with E-state index in [1.807, 2.05) is 54.2 Å². The molecule has 6 nitrogen and oxygen atoms in total. The minimum atomic E-state index is -0.102. The first-order chi connectivity index (χ1) is 12.1. The normalized spacial score (nSPS) is 10.5. The van der Waals surface area contributed by atoms with Crippen molar-refractivity contribution in [1.29, 1.82) is 0 Å². The van der Waals surface area contributed by atoms with Crippen molar-refractivity contribution in [3.8, 4) is 5.82 Å². The van der Waals surface area contributed by atoms with E-state index >= 15 is 0 Å². The van der Waals surface area contributed by atoms with Crippen LogP contribution in [0.1, 0.15) is 16.2 Å². The van der Waals surface area contributed by atoms with Crippen molar-refractivity contribution in [3.63, 3.8) is 0 Å². The Bertz CT molecular complexity index is 864. The number of hydrogen-bond acceptors (Lipinski definition) is 4. The minimum absolute atomic E-state index is 0.102. The number of carbonyl (C=O) groups is 1. The Balaban J connectivity index is 1.55. The summed E-state index contributed by atoms with van der Waals surface area (Å²) in [6.07, 6.45) is 3.87. The highest BCUT2D eigenvalue weighted by Crippen LogP contribution is 2.12. The molecule has 1 aromatic carbocycles. The predicted octanol–water partition coefficient (Wildman–Crippen LogP) is 3.18. The lowest BCUT2D eigenvalue weighted by Crippen LogP contribution is -2.29. The second-order valence-electron chi connectivity index (χ2n) is 5.44. The van der Waals surface area contributed by atoms with Crippen LogP contribution in [-0.2, 0) is 0 Å². The predicted molar refractivity (Wildman–Crippen MR) is 101 cm³/mol. The molecular formula is C18H18BrN5O. The number of carbonyl (C=O) groups excluding carboxylic acids is 1. The van der Waals surface area contributed by atoms with Crippen molar-refractivity contribution >= 4 is 27.7 Å². The average Bonchev–Trinajstić information content (AvgIpc) is 3.13. The largest absolute Gasteiger partial charge is 0.368 e. The van der Waals surface area contributed by atoms with Gasteiger partial charge in [-0.2, -0.15) is 0 Å². The fraction of sp³-hybridized carbons (Fsp3) is 0.167. The summed E-state index contributed by atoms with van der Waals surface area (Å²) < 4.78 is 2.81. The Labute approximate surface area is 154 Å². The zero-order valence-electron chi connectivity index (χ0n) is 13.7. The molecule has 0 aliphatic carbocycles. The van der Waals surface area contributed by atoms with Gasteiger partial charge >= 0.3 is 0 Å². The van der Waals surface area contributed by atoms with Gasteiger partial charge in [0.25, 0.3) is 5.91 Å². The number of hydrogen-bond donors (Lipinski definition) is 2. The van der Waals surface area contributed by atoms with Gasteiger partial charge < -0.3 is 15.2 Å². The third-order valence-corrected chi connectivity index (χ3v) is 3.99. The maximum atomic E-state index is 12.1. The fourth-order valence-electron chi connectivity index (χ4n) is 2.36. The maximum Gasteiger partial charge on any atom is 0.251 e. The summed E-state index contributed by atoms with van der Waals surface area (Å²) in [7, 11) is 0. The Morgan fingerprint density at radius 2 is 1.92 bits per heavy atom.